The van der Waals surface area contributed by atoms with Gasteiger partial charge in [-0.2, -0.15) is 0 Å². The first kappa shape index (κ1) is 10.2. The summed E-state index contributed by atoms with van der Waals surface area (Å²) in [7, 11) is 0. The molecule has 0 saturated heterocycles. The topological polar surface area (TPSA) is 50.2 Å². The molecule has 0 saturated carbocycles. The van der Waals surface area contributed by atoms with E-state index in [9.17, 15) is 4.79 Å². The van der Waals surface area contributed by atoms with Crippen LogP contribution >= 0.6 is 15.9 Å². The Morgan fingerprint density at radius 2 is 2.46 bits per heavy atom. The molecular weight excluding hydrogens is 234 g/mol. The van der Waals surface area contributed by atoms with Crippen LogP contribution in [0.15, 0.2) is 22.8 Å². The van der Waals surface area contributed by atoms with E-state index in [1.165, 1.54) is 0 Å². The van der Waals surface area contributed by atoms with E-state index in [0.717, 1.165) is 10.2 Å². The van der Waals surface area contributed by atoms with Crippen molar-refractivity contribution < 1.29 is 9.90 Å². The lowest BCUT2D eigenvalue weighted by Crippen LogP contribution is -2.05. The van der Waals surface area contributed by atoms with Crippen LogP contribution in [-0.2, 0) is 4.79 Å². The maximum Gasteiger partial charge on any atom is 0.304 e. The number of hydrogen-bond acceptors (Lipinski definition) is 2. The van der Waals surface area contributed by atoms with E-state index in [1.54, 1.807) is 12.3 Å². The Hall–Kier alpha value is -0.900. The third-order valence-electron chi connectivity index (χ3n) is 1.73. The van der Waals surface area contributed by atoms with Crippen LogP contribution in [0.5, 0.6) is 0 Å². The van der Waals surface area contributed by atoms with Gasteiger partial charge in [-0.15, -0.1) is 0 Å². The van der Waals surface area contributed by atoms with E-state index in [-0.39, 0.29) is 12.3 Å². The fourth-order valence-electron chi connectivity index (χ4n) is 1.12. The summed E-state index contributed by atoms with van der Waals surface area (Å²) in [5.74, 6) is -0.863. The summed E-state index contributed by atoms with van der Waals surface area (Å²) in [5.41, 5.74) is 0.796. The number of carbonyl (C=O) groups is 1. The van der Waals surface area contributed by atoms with Crippen LogP contribution in [0.25, 0.3) is 0 Å². The summed E-state index contributed by atoms with van der Waals surface area (Å²) in [6.07, 6.45) is 1.77. The number of nitrogens with zero attached hydrogens (tertiary/aromatic N) is 1. The second-order valence-corrected chi connectivity index (χ2v) is 3.72. The molecule has 0 bridgehead atoms. The normalized spacial score (nSPS) is 12.5. The van der Waals surface area contributed by atoms with E-state index in [1.807, 2.05) is 13.0 Å². The number of rotatable bonds is 3. The smallest absolute Gasteiger partial charge is 0.304 e. The summed E-state index contributed by atoms with van der Waals surface area (Å²) in [4.78, 5) is 14.6. The molecule has 0 fully saturated rings. The molecule has 0 radical (unpaired) electrons. The Kier molecular flexibility index (Phi) is 3.42. The first-order valence-electron chi connectivity index (χ1n) is 3.93. The van der Waals surface area contributed by atoms with Gasteiger partial charge in [-0.1, -0.05) is 6.92 Å². The van der Waals surface area contributed by atoms with Gasteiger partial charge in [0.15, 0.2) is 0 Å². The molecule has 3 nitrogen and oxygen atoms in total. The van der Waals surface area contributed by atoms with Crippen molar-refractivity contribution in [3.8, 4) is 0 Å². The van der Waals surface area contributed by atoms with Crippen LogP contribution in [0.1, 0.15) is 25.0 Å². The Balaban J connectivity index is 2.82. The molecule has 13 heavy (non-hydrogen) atoms. The highest BCUT2D eigenvalue weighted by Crippen LogP contribution is 2.24. The number of aliphatic carboxylic acids is 1. The Bertz CT molecular complexity index is 314. The van der Waals surface area contributed by atoms with Gasteiger partial charge in [0, 0.05) is 16.6 Å². The van der Waals surface area contributed by atoms with E-state index >= 15 is 0 Å². The molecule has 1 atom stereocenters. The highest BCUT2D eigenvalue weighted by atomic mass is 79.9. The zero-order valence-corrected chi connectivity index (χ0v) is 8.78. The van der Waals surface area contributed by atoms with Crippen molar-refractivity contribution in [1.82, 2.24) is 4.98 Å². The molecule has 1 N–H and O–H groups in total. The van der Waals surface area contributed by atoms with E-state index in [2.05, 4.69) is 20.9 Å². The molecule has 0 aliphatic rings. The number of aromatic nitrogens is 1. The predicted octanol–water partition coefficient (Wildman–Crippen LogP) is 2.42. The predicted molar refractivity (Wildman–Crippen MR) is 52.6 cm³/mol. The van der Waals surface area contributed by atoms with Gasteiger partial charge in [0.25, 0.3) is 0 Å². The van der Waals surface area contributed by atoms with Gasteiger partial charge in [-0.05, 0) is 28.1 Å². The van der Waals surface area contributed by atoms with Crippen molar-refractivity contribution in [3.05, 3.63) is 28.5 Å². The third-order valence-corrected chi connectivity index (χ3v) is 2.41. The van der Waals surface area contributed by atoms with Gasteiger partial charge >= 0.3 is 5.97 Å². The Labute approximate surface area is 84.9 Å². The SMILES string of the molecule is CC(CC(=O)O)c1ncccc1Br. The summed E-state index contributed by atoms with van der Waals surface area (Å²) < 4.78 is 0.865. The van der Waals surface area contributed by atoms with Crippen molar-refractivity contribution >= 4 is 21.9 Å². The van der Waals surface area contributed by atoms with Crippen LogP contribution < -0.4 is 0 Å². The van der Waals surface area contributed by atoms with Gasteiger partial charge in [0.05, 0.1) is 12.1 Å². The largest absolute Gasteiger partial charge is 0.481 e. The molecule has 0 aliphatic carbocycles. The molecule has 70 valence electrons. The maximum atomic E-state index is 10.5. The molecule has 0 amide bonds. The lowest BCUT2D eigenvalue weighted by molar-refractivity contribution is -0.137. The number of hydrogen-bond donors (Lipinski definition) is 1. The molecule has 1 unspecified atom stereocenters. The quantitative estimate of drug-likeness (QED) is 0.888. The first-order chi connectivity index (χ1) is 6.11. The molecule has 0 aromatic carbocycles. The average Bonchev–Trinajstić information content (AvgIpc) is 2.03. The third kappa shape index (κ3) is 2.81. The lowest BCUT2D eigenvalue weighted by atomic mass is 10.0. The van der Waals surface area contributed by atoms with Crippen LogP contribution in [0.4, 0.5) is 0 Å². The molecular formula is C9H10BrNO2. The zero-order chi connectivity index (χ0) is 9.84. The van der Waals surface area contributed by atoms with Gasteiger partial charge < -0.3 is 5.11 Å². The molecule has 1 aromatic heterocycles. The minimum Gasteiger partial charge on any atom is -0.481 e. The summed E-state index contributed by atoms with van der Waals surface area (Å²) >= 11 is 3.33. The average molecular weight is 244 g/mol. The molecule has 1 aromatic rings. The van der Waals surface area contributed by atoms with Crippen molar-refractivity contribution in [2.45, 2.75) is 19.3 Å². The van der Waals surface area contributed by atoms with Gasteiger partial charge in [0.2, 0.25) is 0 Å². The summed E-state index contributed by atoms with van der Waals surface area (Å²) in [5, 5.41) is 8.59. The van der Waals surface area contributed by atoms with Crippen LogP contribution in [0.2, 0.25) is 0 Å². The number of carboxylic acid groups (broad SMARTS) is 1. The molecule has 1 heterocycles. The molecule has 0 aliphatic heterocycles. The lowest BCUT2D eigenvalue weighted by Gasteiger charge is -2.09. The number of halogens is 1. The Morgan fingerprint density at radius 3 is 3.00 bits per heavy atom. The first-order valence-corrected chi connectivity index (χ1v) is 4.72. The monoisotopic (exact) mass is 243 g/mol. The molecule has 0 spiro atoms. The van der Waals surface area contributed by atoms with Crippen LogP contribution in [0, 0.1) is 0 Å². The van der Waals surface area contributed by atoms with Gasteiger partial charge in [-0.3, -0.25) is 9.78 Å². The van der Waals surface area contributed by atoms with Crippen molar-refractivity contribution in [2.75, 3.05) is 0 Å². The van der Waals surface area contributed by atoms with Gasteiger partial charge in [-0.25, -0.2) is 0 Å². The standard InChI is InChI=1S/C9H10BrNO2/c1-6(5-8(12)13)9-7(10)3-2-4-11-9/h2-4,6H,5H2,1H3,(H,12,13). The summed E-state index contributed by atoms with van der Waals surface area (Å²) in [6.45, 7) is 1.85. The van der Waals surface area contributed by atoms with Crippen molar-refractivity contribution in [1.29, 1.82) is 0 Å². The second-order valence-electron chi connectivity index (χ2n) is 2.87. The zero-order valence-electron chi connectivity index (χ0n) is 7.20. The molecule has 1 rings (SSSR count). The van der Waals surface area contributed by atoms with E-state index in [0.29, 0.717) is 0 Å². The fourth-order valence-corrected chi connectivity index (χ4v) is 1.76. The van der Waals surface area contributed by atoms with Gasteiger partial charge in [0.1, 0.15) is 0 Å². The van der Waals surface area contributed by atoms with Crippen molar-refractivity contribution in [2.24, 2.45) is 0 Å². The minimum absolute atomic E-state index is 0.0620. The molecule has 4 heteroatoms. The van der Waals surface area contributed by atoms with Crippen LogP contribution in [0.3, 0.4) is 0 Å². The van der Waals surface area contributed by atoms with E-state index < -0.39 is 5.97 Å². The maximum absolute atomic E-state index is 10.5. The fraction of sp³-hybridized carbons (Fsp3) is 0.333. The van der Waals surface area contributed by atoms with Crippen molar-refractivity contribution in [3.63, 3.8) is 0 Å². The second kappa shape index (κ2) is 4.37. The minimum atomic E-state index is -0.801. The number of carboxylic acids is 1. The summed E-state index contributed by atoms with van der Waals surface area (Å²) in [6, 6.07) is 3.67. The van der Waals surface area contributed by atoms with Crippen LogP contribution in [-0.4, -0.2) is 16.1 Å². The Morgan fingerprint density at radius 1 is 1.77 bits per heavy atom. The highest BCUT2D eigenvalue weighted by molar-refractivity contribution is 9.10. The highest BCUT2D eigenvalue weighted by Gasteiger charge is 2.13. The number of pyridine rings is 1. The van der Waals surface area contributed by atoms with E-state index in [4.69, 9.17) is 5.11 Å².